The number of halogens is 3. The molecule has 0 bridgehead atoms. The Morgan fingerprint density at radius 2 is 1.71 bits per heavy atom. The van der Waals surface area contributed by atoms with Crippen molar-refractivity contribution in [3.63, 3.8) is 0 Å². The molecule has 210 valence electrons. The molecule has 0 fully saturated rings. The van der Waals surface area contributed by atoms with Crippen LogP contribution in [-0.2, 0) is 16.1 Å². The first kappa shape index (κ1) is 29.1. The van der Waals surface area contributed by atoms with Gasteiger partial charge in [-0.15, -0.1) is 0 Å². The van der Waals surface area contributed by atoms with Crippen LogP contribution in [0.25, 0.3) is 6.08 Å². The quantitative estimate of drug-likeness (QED) is 0.215. The molecule has 0 spiro atoms. The summed E-state index contributed by atoms with van der Waals surface area (Å²) in [7, 11) is 0. The number of rotatable bonds is 7. The SMILES string of the molecule is CCOC(=O)C1=C(C)N=c2s/c(=C/c3cc(Cl)c(OCc4ccccc4Cl)c(Cl)c3)c(=O)n2[C@@H]1c1ccc(C)cc1. The van der Waals surface area contributed by atoms with E-state index in [1.807, 2.05) is 49.4 Å². The number of hydrogen-bond donors (Lipinski definition) is 0. The summed E-state index contributed by atoms with van der Waals surface area (Å²) in [4.78, 5) is 32.0. The number of thiazole rings is 1. The van der Waals surface area contributed by atoms with Crippen molar-refractivity contribution in [2.24, 2.45) is 4.99 Å². The van der Waals surface area contributed by atoms with E-state index in [0.29, 0.717) is 47.0 Å². The topological polar surface area (TPSA) is 69.9 Å². The number of aryl methyl sites for hydroxylation is 1. The van der Waals surface area contributed by atoms with Crippen molar-refractivity contribution < 1.29 is 14.3 Å². The van der Waals surface area contributed by atoms with Gasteiger partial charge in [0.2, 0.25) is 0 Å². The molecule has 10 heteroatoms. The summed E-state index contributed by atoms with van der Waals surface area (Å²) in [5.41, 5.74) is 3.81. The Labute approximate surface area is 255 Å². The molecule has 6 nitrogen and oxygen atoms in total. The number of aromatic nitrogens is 1. The molecule has 0 amide bonds. The molecule has 1 aliphatic rings. The summed E-state index contributed by atoms with van der Waals surface area (Å²) in [6.45, 7) is 5.88. The van der Waals surface area contributed by atoms with E-state index < -0.39 is 12.0 Å². The van der Waals surface area contributed by atoms with Crippen LogP contribution in [-0.4, -0.2) is 17.1 Å². The molecule has 1 atom stereocenters. The average Bonchev–Trinajstić information content (AvgIpc) is 3.23. The zero-order chi connectivity index (χ0) is 29.3. The lowest BCUT2D eigenvalue weighted by Gasteiger charge is -2.24. The number of carbonyl (C=O) groups excluding carboxylic acids is 1. The monoisotopic (exact) mass is 626 g/mol. The normalized spacial score (nSPS) is 15.0. The van der Waals surface area contributed by atoms with Crippen molar-refractivity contribution in [3.8, 4) is 5.75 Å². The number of allylic oxidation sites excluding steroid dienone is 1. The predicted molar refractivity (Wildman–Crippen MR) is 164 cm³/mol. The third-order valence-corrected chi connectivity index (χ3v) is 8.47. The van der Waals surface area contributed by atoms with Crippen LogP contribution in [0.4, 0.5) is 0 Å². The molecule has 0 aliphatic carbocycles. The van der Waals surface area contributed by atoms with Gasteiger partial charge in [-0.2, -0.15) is 0 Å². The maximum atomic E-state index is 13.8. The molecule has 3 aromatic carbocycles. The van der Waals surface area contributed by atoms with Crippen LogP contribution in [0.5, 0.6) is 5.75 Å². The smallest absolute Gasteiger partial charge is 0.338 e. The van der Waals surface area contributed by atoms with Gasteiger partial charge in [0.15, 0.2) is 10.6 Å². The second-order valence-electron chi connectivity index (χ2n) is 9.41. The summed E-state index contributed by atoms with van der Waals surface area (Å²) in [5, 5.41) is 1.17. The van der Waals surface area contributed by atoms with Gasteiger partial charge in [0.05, 0.1) is 38.5 Å². The summed E-state index contributed by atoms with van der Waals surface area (Å²) in [6.07, 6.45) is 1.70. The van der Waals surface area contributed by atoms with Crippen LogP contribution < -0.4 is 19.6 Å². The third kappa shape index (κ3) is 5.99. The van der Waals surface area contributed by atoms with Crippen LogP contribution in [0.15, 0.2) is 81.7 Å². The zero-order valence-electron chi connectivity index (χ0n) is 22.4. The van der Waals surface area contributed by atoms with Crippen molar-refractivity contribution >= 4 is 58.2 Å². The van der Waals surface area contributed by atoms with Gasteiger partial charge in [-0.25, -0.2) is 9.79 Å². The molecule has 0 radical (unpaired) electrons. The fourth-order valence-corrected chi connectivity index (χ4v) is 6.42. The lowest BCUT2D eigenvalue weighted by Crippen LogP contribution is -2.39. The summed E-state index contributed by atoms with van der Waals surface area (Å²) >= 11 is 20.6. The molecule has 0 N–H and O–H groups in total. The lowest BCUT2D eigenvalue weighted by molar-refractivity contribution is -0.139. The second kappa shape index (κ2) is 12.2. The number of hydrogen-bond acceptors (Lipinski definition) is 6. The third-order valence-electron chi connectivity index (χ3n) is 6.56. The largest absolute Gasteiger partial charge is 0.486 e. The van der Waals surface area contributed by atoms with Gasteiger partial charge in [0.25, 0.3) is 5.56 Å². The van der Waals surface area contributed by atoms with E-state index in [9.17, 15) is 9.59 Å². The number of benzene rings is 3. The highest BCUT2D eigenvalue weighted by Crippen LogP contribution is 2.36. The van der Waals surface area contributed by atoms with Gasteiger partial charge in [0, 0.05) is 10.6 Å². The first-order valence-electron chi connectivity index (χ1n) is 12.8. The van der Waals surface area contributed by atoms with Crippen molar-refractivity contribution in [2.45, 2.75) is 33.4 Å². The Kier molecular flexibility index (Phi) is 8.71. The minimum atomic E-state index is -0.680. The maximum absolute atomic E-state index is 13.8. The number of ether oxygens (including phenoxy) is 2. The maximum Gasteiger partial charge on any atom is 0.338 e. The van der Waals surface area contributed by atoms with Crippen LogP contribution in [0.1, 0.15) is 42.1 Å². The lowest BCUT2D eigenvalue weighted by atomic mass is 9.95. The first-order chi connectivity index (χ1) is 19.7. The molecule has 1 aromatic heterocycles. The predicted octanol–water partition coefficient (Wildman–Crippen LogP) is 6.65. The molecule has 1 aliphatic heterocycles. The highest BCUT2D eigenvalue weighted by molar-refractivity contribution is 7.07. The number of carbonyl (C=O) groups is 1. The minimum absolute atomic E-state index is 0.193. The van der Waals surface area contributed by atoms with Crippen LogP contribution in [0.2, 0.25) is 15.1 Å². The number of fused-ring (bicyclic) bond motifs is 1. The van der Waals surface area contributed by atoms with Gasteiger partial charge in [0.1, 0.15) is 6.61 Å². The summed E-state index contributed by atoms with van der Waals surface area (Å²) in [5.74, 6) is -0.180. The number of nitrogens with zero attached hydrogens (tertiary/aromatic N) is 2. The zero-order valence-corrected chi connectivity index (χ0v) is 25.5. The molecule has 4 aromatic rings. The molecule has 0 unspecified atom stereocenters. The summed E-state index contributed by atoms with van der Waals surface area (Å²) < 4.78 is 13.2. The Hall–Kier alpha value is -3.36. The molecular formula is C31H25Cl3N2O4S. The highest BCUT2D eigenvalue weighted by Gasteiger charge is 2.33. The van der Waals surface area contributed by atoms with E-state index in [0.717, 1.165) is 16.7 Å². The number of esters is 1. The minimum Gasteiger partial charge on any atom is -0.486 e. The molecule has 2 heterocycles. The van der Waals surface area contributed by atoms with E-state index in [-0.39, 0.29) is 18.8 Å². The van der Waals surface area contributed by atoms with E-state index in [4.69, 9.17) is 44.3 Å². The standard InChI is InChI=1S/C31H25Cl3N2O4S/c1-4-39-30(38)26-18(3)35-31-36(27(26)20-11-9-17(2)10-12-20)29(37)25(41-31)15-19-13-23(33)28(24(34)14-19)40-16-21-7-5-6-8-22(21)32/h5-15,27H,4,16H2,1-3H3/b25-15+/t27-/m1/s1. The van der Waals surface area contributed by atoms with Gasteiger partial charge in [-0.3, -0.25) is 9.36 Å². The van der Waals surface area contributed by atoms with Gasteiger partial charge in [-0.1, -0.05) is 94.2 Å². The highest BCUT2D eigenvalue weighted by atomic mass is 35.5. The molecule has 0 saturated carbocycles. The average molecular weight is 628 g/mol. The van der Waals surface area contributed by atoms with Crippen LogP contribution >= 0.6 is 46.1 Å². The second-order valence-corrected chi connectivity index (χ2v) is 11.6. The fraction of sp³-hybridized carbons (Fsp3) is 0.194. The molecule has 0 saturated heterocycles. The Bertz CT molecular complexity index is 1840. The van der Waals surface area contributed by atoms with E-state index in [1.54, 1.807) is 42.7 Å². The van der Waals surface area contributed by atoms with Crippen LogP contribution in [0.3, 0.4) is 0 Å². The van der Waals surface area contributed by atoms with Crippen molar-refractivity contribution in [3.05, 3.63) is 129 Å². The van der Waals surface area contributed by atoms with Crippen LogP contribution in [0, 0.1) is 6.92 Å². The molecular weight excluding hydrogens is 603 g/mol. The van der Waals surface area contributed by atoms with E-state index >= 15 is 0 Å². The van der Waals surface area contributed by atoms with E-state index in [2.05, 4.69) is 4.99 Å². The van der Waals surface area contributed by atoms with Gasteiger partial charge >= 0.3 is 5.97 Å². The van der Waals surface area contributed by atoms with E-state index in [1.165, 1.54) is 11.3 Å². The molecule has 5 rings (SSSR count). The summed E-state index contributed by atoms with van der Waals surface area (Å²) in [6, 6.07) is 17.7. The fourth-order valence-electron chi connectivity index (χ4n) is 4.57. The Morgan fingerprint density at radius 1 is 1.02 bits per heavy atom. The van der Waals surface area contributed by atoms with Crippen molar-refractivity contribution in [2.75, 3.05) is 6.61 Å². The van der Waals surface area contributed by atoms with Gasteiger partial charge in [-0.05, 0) is 56.2 Å². The first-order valence-corrected chi connectivity index (χ1v) is 14.7. The molecule has 41 heavy (non-hydrogen) atoms. The Morgan fingerprint density at radius 3 is 2.37 bits per heavy atom. The van der Waals surface area contributed by atoms with Gasteiger partial charge < -0.3 is 9.47 Å². The Balaban J connectivity index is 1.56. The van der Waals surface area contributed by atoms with Crippen molar-refractivity contribution in [1.29, 1.82) is 0 Å². The van der Waals surface area contributed by atoms with Crippen molar-refractivity contribution in [1.82, 2.24) is 4.57 Å².